The Morgan fingerprint density at radius 1 is 0.490 bits per heavy atom. The highest BCUT2D eigenvalue weighted by Gasteiger charge is 2.37. The van der Waals surface area contributed by atoms with Crippen LogP contribution in [0.5, 0.6) is 0 Å². The lowest BCUT2D eigenvalue weighted by molar-refractivity contribution is 0.660. The monoisotopic (exact) mass is 654 g/mol. The molecule has 6 heteroatoms. The standard InChI is InChI=1S/C45H30N6/c1-45(2)32-18-7-6-15-30(32)39-31(17-10-19-33(39)45)43-47-42(27-13-4-3-5-14-27)48-44(49-43)51-36-22-9-8-21-35(36)50-37-23-12-20-34-40(37)28(25-26-46-34)29-16-11-24-38(51)41(29)50/h3-26H,1-2H3. The average Bonchev–Trinajstić information content (AvgIpc) is 3.42. The molecule has 11 rings (SSSR count). The SMILES string of the molecule is CC1(C)c2ccccc2-c2c(-c3nc(-c4ccccc4)nc(-n4c5cccc6c5-n(c5cccc7nccc6c75)c5ccccc54)n3)cccc21. The fraction of sp³-hybridized carbons (Fsp3) is 0.0667. The van der Waals surface area contributed by atoms with Crippen LogP contribution in [0.3, 0.4) is 0 Å². The molecule has 0 saturated heterocycles. The predicted octanol–water partition coefficient (Wildman–Crippen LogP) is 10.5. The van der Waals surface area contributed by atoms with Gasteiger partial charge in [-0.25, -0.2) is 4.98 Å². The van der Waals surface area contributed by atoms with Crippen molar-refractivity contribution in [3.8, 4) is 45.5 Å². The molecule has 0 bridgehead atoms. The van der Waals surface area contributed by atoms with Crippen molar-refractivity contribution in [2.24, 2.45) is 0 Å². The third-order valence-electron chi connectivity index (χ3n) is 10.8. The predicted molar refractivity (Wildman–Crippen MR) is 206 cm³/mol. The topological polar surface area (TPSA) is 61.4 Å². The van der Waals surface area contributed by atoms with E-state index in [-0.39, 0.29) is 5.41 Å². The summed E-state index contributed by atoms with van der Waals surface area (Å²) < 4.78 is 4.60. The summed E-state index contributed by atoms with van der Waals surface area (Å²) in [6, 6.07) is 49.1. The molecule has 0 saturated carbocycles. The first-order valence-electron chi connectivity index (χ1n) is 17.3. The molecule has 1 aliphatic carbocycles. The van der Waals surface area contributed by atoms with Gasteiger partial charge >= 0.3 is 0 Å². The molecule has 6 aromatic carbocycles. The van der Waals surface area contributed by atoms with E-state index in [1.165, 1.54) is 27.6 Å². The summed E-state index contributed by atoms with van der Waals surface area (Å²) in [6.45, 7) is 4.61. The molecule has 0 unspecified atom stereocenters. The summed E-state index contributed by atoms with van der Waals surface area (Å²) in [5, 5.41) is 3.48. The van der Waals surface area contributed by atoms with E-state index in [1.807, 2.05) is 24.4 Å². The van der Waals surface area contributed by atoms with Gasteiger partial charge in [0, 0.05) is 33.5 Å². The van der Waals surface area contributed by atoms with E-state index >= 15 is 0 Å². The molecule has 4 heterocycles. The molecule has 0 radical (unpaired) electrons. The number of aromatic nitrogens is 6. The van der Waals surface area contributed by atoms with Crippen LogP contribution in [-0.4, -0.2) is 29.1 Å². The lowest BCUT2D eigenvalue weighted by Gasteiger charge is -2.26. The highest BCUT2D eigenvalue weighted by atomic mass is 15.2. The van der Waals surface area contributed by atoms with Gasteiger partial charge in [-0.2, -0.15) is 9.97 Å². The van der Waals surface area contributed by atoms with E-state index in [4.69, 9.17) is 19.9 Å². The van der Waals surface area contributed by atoms with E-state index in [0.29, 0.717) is 17.6 Å². The van der Waals surface area contributed by atoms with Gasteiger partial charge < -0.3 is 4.57 Å². The first-order valence-corrected chi connectivity index (χ1v) is 17.3. The number of hydrogen-bond acceptors (Lipinski definition) is 4. The molecule has 2 aromatic heterocycles. The number of nitrogens with zero attached hydrogens (tertiary/aromatic N) is 6. The molecule has 2 aliphatic heterocycles. The van der Waals surface area contributed by atoms with E-state index < -0.39 is 0 Å². The summed E-state index contributed by atoms with van der Waals surface area (Å²) in [4.78, 5) is 20.7. The zero-order valence-corrected chi connectivity index (χ0v) is 28.0. The fourth-order valence-corrected chi connectivity index (χ4v) is 8.56. The van der Waals surface area contributed by atoms with Crippen LogP contribution < -0.4 is 0 Å². The summed E-state index contributed by atoms with van der Waals surface area (Å²) in [6.07, 6.45) is 1.91. The molecular weight excluding hydrogens is 625 g/mol. The molecule has 8 aromatic rings. The van der Waals surface area contributed by atoms with Crippen molar-refractivity contribution in [1.29, 1.82) is 0 Å². The van der Waals surface area contributed by atoms with Crippen LogP contribution in [-0.2, 0) is 5.41 Å². The number of pyridine rings is 2. The van der Waals surface area contributed by atoms with Crippen molar-refractivity contribution in [2.45, 2.75) is 19.3 Å². The number of fused-ring (bicyclic) bond motifs is 7. The zero-order chi connectivity index (χ0) is 33.8. The summed E-state index contributed by atoms with van der Waals surface area (Å²) >= 11 is 0. The Kier molecular flexibility index (Phi) is 5.63. The molecular formula is C45H30N6. The molecule has 240 valence electrons. The minimum Gasteiger partial charge on any atom is -0.305 e. The fourth-order valence-electron chi connectivity index (χ4n) is 8.56. The maximum atomic E-state index is 5.41. The molecule has 0 amide bonds. The average molecular weight is 655 g/mol. The van der Waals surface area contributed by atoms with Crippen molar-refractivity contribution in [3.05, 3.63) is 157 Å². The second-order valence-electron chi connectivity index (χ2n) is 13.9. The second-order valence-corrected chi connectivity index (χ2v) is 13.9. The maximum Gasteiger partial charge on any atom is 0.238 e. The van der Waals surface area contributed by atoms with Crippen LogP contribution >= 0.6 is 0 Å². The van der Waals surface area contributed by atoms with E-state index in [1.54, 1.807) is 0 Å². The molecule has 6 nitrogen and oxygen atoms in total. The molecule has 0 atom stereocenters. The van der Waals surface area contributed by atoms with Crippen LogP contribution in [0, 0.1) is 0 Å². The van der Waals surface area contributed by atoms with Crippen molar-refractivity contribution >= 4 is 43.7 Å². The molecule has 51 heavy (non-hydrogen) atoms. The third-order valence-corrected chi connectivity index (χ3v) is 10.8. The molecule has 0 N–H and O–H groups in total. The van der Waals surface area contributed by atoms with Gasteiger partial charge in [-0.3, -0.25) is 9.55 Å². The minimum absolute atomic E-state index is 0.146. The van der Waals surface area contributed by atoms with Gasteiger partial charge in [-0.1, -0.05) is 117 Å². The summed E-state index contributed by atoms with van der Waals surface area (Å²) in [5.41, 5.74) is 13.1. The van der Waals surface area contributed by atoms with Gasteiger partial charge in [0.15, 0.2) is 11.6 Å². The Hall–Kier alpha value is -6.66. The number of para-hydroxylation sites is 3. The highest BCUT2D eigenvalue weighted by molar-refractivity contribution is 6.19. The van der Waals surface area contributed by atoms with Crippen LogP contribution in [0.15, 0.2) is 146 Å². The second kappa shape index (κ2) is 10.2. The Bertz CT molecular complexity index is 3000. The molecule has 0 fully saturated rings. The first-order chi connectivity index (χ1) is 25.1. The summed E-state index contributed by atoms with van der Waals surface area (Å²) in [5.74, 6) is 1.85. The summed E-state index contributed by atoms with van der Waals surface area (Å²) in [7, 11) is 0. The Morgan fingerprint density at radius 3 is 2.04 bits per heavy atom. The number of rotatable bonds is 3. The van der Waals surface area contributed by atoms with Gasteiger partial charge in [0.1, 0.15) is 0 Å². The zero-order valence-electron chi connectivity index (χ0n) is 28.0. The van der Waals surface area contributed by atoms with Gasteiger partial charge in [0.2, 0.25) is 5.95 Å². The molecule has 3 aliphatic rings. The van der Waals surface area contributed by atoms with Crippen LogP contribution in [0.25, 0.3) is 89.3 Å². The van der Waals surface area contributed by atoms with Crippen molar-refractivity contribution in [1.82, 2.24) is 29.1 Å². The van der Waals surface area contributed by atoms with Gasteiger partial charge in [-0.05, 0) is 64.0 Å². The minimum atomic E-state index is -0.146. The van der Waals surface area contributed by atoms with Crippen LogP contribution in [0.1, 0.15) is 25.0 Å². The first kappa shape index (κ1) is 28.2. The number of benzene rings is 6. The van der Waals surface area contributed by atoms with E-state index in [2.05, 4.69) is 144 Å². The van der Waals surface area contributed by atoms with Crippen molar-refractivity contribution in [2.75, 3.05) is 0 Å². The normalized spacial score (nSPS) is 13.5. The van der Waals surface area contributed by atoms with Gasteiger partial charge in [0.05, 0.1) is 33.3 Å². The van der Waals surface area contributed by atoms with Crippen LogP contribution in [0.2, 0.25) is 0 Å². The Labute approximate surface area is 293 Å². The van der Waals surface area contributed by atoms with Gasteiger partial charge in [0.25, 0.3) is 0 Å². The Balaban J connectivity index is 1.29. The molecule has 0 spiro atoms. The number of hydrogen-bond donors (Lipinski definition) is 0. The highest BCUT2D eigenvalue weighted by Crippen LogP contribution is 2.51. The lowest BCUT2D eigenvalue weighted by atomic mass is 9.82. The quantitative estimate of drug-likeness (QED) is 0.141. The van der Waals surface area contributed by atoms with Crippen LogP contribution in [0.4, 0.5) is 0 Å². The largest absolute Gasteiger partial charge is 0.305 e. The smallest absolute Gasteiger partial charge is 0.238 e. The van der Waals surface area contributed by atoms with E-state index in [9.17, 15) is 0 Å². The van der Waals surface area contributed by atoms with Gasteiger partial charge in [-0.15, -0.1) is 0 Å². The lowest BCUT2D eigenvalue weighted by Crippen LogP contribution is -2.15. The third kappa shape index (κ3) is 3.81. The van der Waals surface area contributed by atoms with Crippen molar-refractivity contribution in [3.63, 3.8) is 0 Å². The maximum absolute atomic E-state index is 5.41. The van der Waals surface area contributed by atoms with Crippen molar-refractivity contribution < 1.29 is 0 Å². The van der Waals surface area contributed by atoms with E-state index in [0.717, 1.165) is 55.2 Å². The Morgan fingerprint density at radius 2 is 1.16 bits per heavy atom.